The van der Waals surface area contributed by atoms with Gasteiger partial charge in [-0.05, 0) is 61.5 Å². The first-order valence-electron chi connectivity index (χ1n) is 15.2. The number of carbonyl (C=O) groups is 1. The number of benzene rings is 4. The molecule has 0 spiro atoms. The molecule has 2 amide bonds. The minimum Gasteiger partial charge on any atom is -0.403 e. The summed E-state index contributed by atoms with van der Waals surface area (Å²) in [6, 6.07) is 35.5. The van der Waals surface area contributed by atoms with Crippen molar-refractivity contribution >= 4 is 68.4 Å². The van der Waals surface area contributed by atoms with Crippen molar-refractivity contribution in [1.29, 1.82) is 0 Å². The number of fused-ring (bicyclic) bond motifs is 1. The van der Waals surface area contributed by atoms with E-state index in [0.717, 1.165) is 16.3 Å². The molecule has 2 heterocycles. The van der Waals surface area contributed by atoms with E-state index in [1.54, 1.807) is 4.90 Å². The number of anilines is 3. The summed E-state index contributed by atoms with van der Waals surface area (Å²) in [5, 5.41) is 1.99. The molecule has 0 aliphatic carbocycles. The Bertz CT molecular complexity index is 1980. The molecule has 11 heteroatoms. The quantitative estimate of drug-likeness (QED) is 0.133. The zero-order valence-corrected chi connectivity index (χ0v) is 30.1. The van der Waals surface area contributed by atoms with Crippen LogP contribution >= 0.6 is 15.9 Å². The van der Waals surface area contributed by atoms with E-state index in [1.807, 2.05) is 84.9 Å². The molecule has 6 rings (SSSR count). The third-order valence-corrected chi connectivity index (χ3v) is 12.0. The number of sulfone groups is 1. The fourth-order valence-corrected chi connectivity index (χ4v) is 9.43. The lowest BCUT2D eigenvalue weighted by Gasteiger charge is -2.38. The summed E-state index contributed by atoms with van der Waals surface area (Å²) < 4.78 is 33.0. The Kier molecular flexibility index (Phi) is 9.17. The van der Waals surface area contributed by atoms with Crippen LogP contribution in [-0.2, 0) is 20.8 Å². The van der Waals surface area contributed by atoms with E-state index >= 15 is 0 Å². The predicted octanol–water partition coefficient (Wildman–Crippen LogP) is 6.56. The van der Waals surface area contributed by atoms with Crippen molar-refractivity contribution in [2.75, 3.05) is 16.1 Å². The number of urea groups is 1. The molecule has 0 saturated heterocycles. The van der Waals surface area contributed by atoms with Crippen molar-refractivity contribution in [2.45, 2.75) is 38.6 Å². The van der Waals surface area contributed by atoms with Gasteiger partial charge in [0.1, 0.15) is 0 Å². The number of carbonyl (C=O) groups excluding carboxylic acids is 1. The van der Waals surface area contributed by atoms with E-state index in [-0.39, 0.29) is 35.1 Å². The molecule has 1 aliphatic heterocycles. The van der Waals surface area contributed by atoms with Gasteiger partial charge in [-0.15, -0.1) is 0 Å². The van der Waals surface area contributed by atoms with Crippen LogP contribution in [0.25, 0.3) is 0 Å². The van der Waals surface area contributed by atoms with Gasteiger partial charge in [0.15, 0.2) is 5.82 Å². The van der Waals surface area contributed by atoms with E-state index in [0.29, 0.717) is 16.9 Å². The second-order valence-electron chi connectivity index (χ2n) is 12.6. The van der Waals surface area contributed by atoms with Crippen LogP contribution in [0.1, 0.15) is 38.0 Å². The highest BCUT2D eigenvalue weighted by Crippen LogP contribution is 2.41. The molecular weight excluding hydrogens is 692 g/mol. The topological polar surface area (TPSA) is 92.7 Å². The first kappa shape index (κ1) is 32.8. The van der Waals surface area contributed by atoms with E-state index in [9.17, 15) is 13.2 Å². The van der Waals surface area contributed by atoms with E-state index in [2.05, 4.69) is 70.9 Å². The Morgan fingerprint density at radius 3 is 2.09 bits per heavy atom. The normalized spacial score (nSPS) is 14.3. The van der Waals surface area contributed by atoms with Gasteiger partial charge in [-0.25, -0.2) is 23.1 Å². The Hall–Kier alpha value is -4.16. The monoisotopic (exact) mass is 726 g/mol. The number of hydrogen-bond donors (Lipinski definition) is 0. The van der Waals surface area contributed by atoms with Crippen molar-refractivity contribution in [2.24, 2.45) is 5.41 Å². The number of halogens is 1. The lowest BCUT2D eigenvalue weighted by atomic mass is 9.84. The van der Waals surface area contributed by atoms with Gasteiger partial charge in [0.2, 0.25) is 24.0 Å². The third kappa shape index (κ3) is 6.94. The summed E-state index contributed by atoms with van der Waals surface area (Å²) in [6.07, 6.45) is 2.21. The largest absolute Gasteiger partial charge is 0.403 e. The van der Waals surface area contributed by atoms with Gasteiger partial charge in [-0.2, -0.15) is 4.98 Å². The summed E-state index contributed by atoms with van der Waals surface area (Å²) in [5.41, 5.74) is 2.40. The standard InChI is InChI=1S/C36H35BrN4O4SSi/c1-36(2,3)32(45-47(28-16-7-5-8-17-28)29-18-9-6-10-19-29)25-14-13-15-27(22-25)41-33-26(23-38-34(39-33)46(4,43)44)24-40(35(41)42)31-21-12-11-20-30(31)37/h5-23,32,47H,24H2,1-4H3. The zero-order valence-electron chi connectivity index (χ0n) is 26.5. The average Bonchev–Trinajstić information content (AvgIpc) is 3.05. The molecular formula is C36H35BrN4O4SSi. The molecule has 1 aromatic heterocycles. The van der Waals surface area contributed by atoms with Crippen molar-refractivity contribution in [3.8, 4) is 0 Å². The SMILES string of the molecule is CC(C)(C)C(O[SiH](c1ccccc1)c1ccccc1)c1cccc(N2C(=O)N(c3ccccc3Br)Cc3cnc(S(C)(=O)=O)nc32)c1. The van der Waals surface area contributed by atoms with Crippen LogP contribution in [0.3, 0.4) is 0 Å². The summed E-state index contributed by atoms with van der Waals surface area (Å²) in [5.74, 6) is 0.236. The fraction of sp³-hybridized carbons (Fsp3) is 0.194. The molecule has 47 heavy (non-hydrogen) atoms. The Balaban J connectivity index is 1.47. The minimum atomic E-state index is -3.74. The van der Waals surface area contributed by atoms with E-state index in [4.69, 9.17) is 4.43 Å². The molecule has 5 aromatic rings. The molecule has 0 fully saturated rings. The number of hydrogen-bond acceptors (Lipinski definition) is 6. The highest BCUT2D eigenvalue weighted by molar-refractivity contribution is 9.10. The van der Waals surface area contributed by atoms with Crippen molar-refractivity contribution in [1.82, 2.24) is 9.97 Å². The maximum atomic E-state index is 14.4. The Morgan fingerprint density at radius 2 is 1.49 bits per heavy atom. The van der Waals surface area contributed by atoms with Gasteiger partial charge in [0.05, 0.1) is 24.0 Å². The number of para-hydroxylation sites is 1. The maximum Gasteiger partial charge on any atom is 0.335 e. The Labute approximate surface area is 285 Å². The van der Waals surface area contributed by atoms with E-state index < -0.39 is 18.9 Å². The first-order valence-corrected chi connectivity index (χ1v) is 19.5. The molecule has 1 atom stereocenters. The summed E-state index contributed by atoms with van der Waals surface area (Å²) >= 11 is 3.59. The lowest BCUT2D eigenvalue weighted by molar-refractivity contribution is 0.0897. The maximum absolute atomic E-state index is 14.4. The van der Waals surface area contributed by atoms with Crippen LogP contribution in [0.4, 0.5) is 22.0 Å². The van der Waals surface area contributed by atoms with Gasteiger partial charge in [-0.3, -0.25) is 4.90 Å². The van der Waals surface area contributed by atoms with Crippen LogP contribution in [0.15, 0.2) is 125 Å². The molecule has 1 aliphatic rings. The van der Waals surface area contributed by atoms with Crippen molar-refractivity contribution in [3.63, 3.8) is 0 Å². The highest BCUT2D eigenvalue weighted by atomic mass is 79.9. The lowest BCUT2D eigenvalue weighted by Crippen LogP contribution is -2.47. The number of nitrogens with zero attached hydrogens (tertiary/aromatic N) is 4. The van der Waals surface area contributed by atoms with Crippen LogP contribution in [-0.4, -0.2) is 39.7 Å². The summed E-state index contributed by atoms with van der Waals surface area (Å²) in [6.45, 7) is 6.61. The van der Waals surface area contributed by atoms with Gasteiger partial charge in [0, 0.05) is 22.5 Å². The average molecular weight is 728 g/mol. The second-order valence-corrected chi connectivity index (χ2v) is 17.7. The number of amides is 2. The second kappa shape index (κ2) is 13.2. The van der Waals surface area contributed by atoms with Crippen molar-refractivity contribution < 1.29 is 17.6 Å². The molecule has 8 nitrogen and oxygen atoms in total. The third-order valence-electron chi connectivity index (χ3n) is 7.95. The van der Waals surface area contributed by atoms with Gasteiger partial charge < -0.3 is 4.43 Å². The highest BCUT2D eigenvalue weighted by Gasteiger charge is 2.37. The minimum absolute atomic E-state index is 0.173. The summed E-state index contributed by atoms with van der Waals surface area (Å²) in [7, 11) is -5.89. The predicted molar refractivity (Wildman–Crippen MR) is 192 cm³/mol. The smallest absolute Gasteiger partial charge is 0.335 e. The fourth-order valence-electron chi connectivity index (χ4n) is 5.76. The number of rotatable bonds is 8. The Morgan fingerprint density at radius 1 is 0.872 bits per heavy atom. The van der Waals surface area contributed by atoms with Crippen molar-refractivity contribution in [3.05, 3.63) is 131 Å². The van der Waals surface area contributed by atoms with Crippen LogP contribution in [0.5, 0.6) is 0 Å². The van der Waals surface area contributed by atoms with Crippen LogP contribution < -0.4 is 20.2 Å². The first-order chi connectivity index (χ1) is 22.4. The van der Waals surface area contributed by atoms with E-state index in [1.165, 1.54) is 21.5 Å². The van der Waals surface area contributed by atoms with Crippen LogP contribution in [0.2, 0.25) is 0 Å². The summed E-state index contributed by atoms with van der Waals surface area (Å²) in [4.78, 5) is 26.1. The van der Waals surface area contributed by atoms with Gasteiger partial charge in [0.25, 0.3) is 0 Å². The molecule has 0 N–H and O–H groups in total. The molecule has 240 valence electrons. The molecule has 1 unspecified atom stereocenters. The molecule has 0 radical (unpaired) electrons. The zero-order chi connectivity index (χ0) is 33.3. The molecule has 0 saturated carbocycles. The number of aromatic nitrogens is 2. The van der Waals surface area contributed by atoms with Gasteiger partial charge in [-0.1, -0.05) is 106 Å². The van der Waals surface area contributed by atoms with Crippen LogP contribution in [0, 0.1) is 5.41 Å². The molecule has 0 bridgehead atoms. The molecule has 4 aromatic carbocycles. The van der Waals surface area contributed by atoms with Gasteiger partial charge >= 0.3 is 6.03 Å².